The van der Waals surface area contributed by atoms with Crippen LogP contribution in [0.5, 0.6) is 0 Å². The SMILES string of the molecule is CCN(C(=O)c1cc2cccnc2n(C)c1=O)c1ccccc1C. The molecule has 0 unspecified atom stereocenters. The second-order valence-electron chi connectivity index (χ2n) is 5.67. The van der Waals surface area contributed by atoms with E-state index in [9.17, 15) is 9.59 Å². The predicted octanol–water partition coefficient (Wildman–Crippen LogP) is 2.91. The molecule has 0 aliphatic rings. The van der Waals surface area contributed by atoms with Crippen LogP contribution < -0.4 is 10.5 Å². The minimum absolute atomic E-state index is 0.156. The summed E-state index contributed by atoms with van der Waals surface area (Å²) >= 11 is 0. The van der Waals surface area contributed by atoms with Crippen LogP contribution in [0.25, 0.3) is 11.0 Å². The standard InChI is InChI=1S/C19H19N3O2/c1-4-22(16-10-6-5-8-13(16)2)19(24)15-12-14-9-7-11-20-17(14)21(3)18(15)23/h5-12H,4H2,1-3H3. The van der Waals surface area contributed by atoms with Gasteiger partial charge in [0.2, 0.25) is 0 Å². The average Bonchev–Trinajstić information content (AvgIpc) is 2.60. The van der Waals surface area contributed by atoms with Crippen molar-refractivity contribution in [1.82, 2.24) is 9.55 Å². The molecule has 0 saturated heterocycles. The van der Waals surface area contributed by atoms with E-state index in [4.69, 9.17) is 0 Å². The molecule has 1 amide bonds. The molecule has 0 bridgehead atoms. The number of benzene rings is 1. The number of hydrogen-bond donors (Lipinski definition) is 0. The molecular weight excluding hydrogens is 302 g/mol. The number of aryl methyl sites for hydroxylation is 2. The third-order valence-electron chi connectivity index (χ3n) is 4.17. The summed E-state index contributed by atoms with van der Waals surface area (Å²) in [5.41, 5.74) is 2.20. The minimum atomic E-state index is -0.335. The van der Waals surface area contributed by atoms with Crippen molar-refractivity contribution in [2.24, 2.45) is 7.05 Å². The monoisotopic (exact) mass is 321 g/mol. The number of carbonyl (C=O) groups is 1. The number of anilines is 1. The first-order valence-electron chi connectivity index (χ1n) is 7.87. The zero-order valence-electron chi connectivity index (χ0n) is 14.0. The number of carbonyl (C=O) groups excluding carboxylic acids is 1. The van der Waals surface area contributed by atoms with Crippen molar-refractivity contribution in [1.29, 1.82) is 0 Å². The maximum Gasteiger partial charge on any atom is 0.264 e. The average molecular weight is 321 g/mol. The molecule has 122 valence electrons. The molecule has 5 nitrogen and oxygen atoms in total. The molecule has 0 aliphatic heterocycles. The number of nitrogens with zero attached hydrogens (tertiary/aromatic N) is 3. The molecule has 3 rings (SSSR count). The Kier molecular flexibility index (Phi) is 4.16. The molecular formula is C19H19N3O2. The highest BCUT2D eigenvalue weighted by atomic mass is 16.2. The fourth-order valence-corrected chi connectivity index (χ4v) is 2.88. The highest BCUT2D eigenvalue weighted by molar-refractivity contribution is 6.07. The van der Waals surface area contributed by atoms with E-state index in [1.165, 1.54) is 4.57 Å². The Morgan fingerprint density at radius 3 is 2.67 bits per heavy atom. The highest BCUT2D eigenvalue weighted by Crippen LogP contribution is 2.21. The van der Waals surface area contributed by atoms with Crippen molar-refractivity contribution in [3.63, 3.8) is 0 Å². The molecule has 2 heterocycles. The van der Waals surface area contributed by atoms with Gasteiger partial charge in [-0.05, 0) is 43.7 Å². The molecule has 0 fully saturated rings. The van der Waals surface area contributed by atoms with Gasteiger partial charge in [-0.2, -0.15) is 0 Å². The Morgan fingerprint density at radius 2 is 1.96 bits per heavy atom. The molecule has 2 aromatic heterocycles. The number of aromatic nitrogens is 2. The number of para-hydroxylation sites is 1. The van der Waals surface area contributed by atoms with Crippen molar-refractivity contribution in [3.05, 3.63) is 70.1 Å². The first-order chi connectivity index (χ1) is 11.5. The van der Waals surface area contributed by atoms with Gasteiger partial charge in [-0.25, -0.2) is 4.98 Å². The number of pyridine rings is 2. The van der Waals surface area contributed by atoms with Crippen LogP contribution in [0.3, 0.4) is 0 Å². The van der Waals surface area contributed by atoms with E-state index >= 15 is 0 Å². The van der Waals surface area contributed by atoms with Crippen LogP contribution in [0.2, 0.25) is 0 Å². The fraction of sp³-hybridized carbons (Fsp3) is 0.211. The highest BCUT2D eigenvalue weighted by Gasteiger charge is 2.22. The Hall–Kier alpha value is -2.95. The van der Waals surface area contributed by atoms with E-state index < -0.39 is 0 Å². The molecule has 0 N–H and O–H groups in total. The Labute approximate surface area is 140 Å². The summed E-state index contributed by atoms with van der Waals surface area (Å²) in [6, 6.07) is 12.9. The zero-order chi connectivity index (χ0) is 17.3. The largest absolute Gasteiger partial charge is 0.308 e. The van der Waals surface area contributed by atoms with Gasteiger partial charge in [0.1, 0.15) is 11.2 Å². The van der Waals surface area contributed by atoms with Crippen LogP contribution in [0.15, 0.2) is 53.5 Å². The molecule has 0 radical (unpaired) electrons. The van der Waals surface area contributed by atoms with Crippen LogP contribution in [0, 0.1) is 6.92 Å². The summed E-state index contributed by atoms with van der Waals surface area (Å²) in [5.74, 6) is -0.293. The summed E-state index contributed by atoms with van der Waals surface area (Å²) in [4.78, 5) is 31.5. The zero-order valence-corrected chi connectivity index (χ0v) is 14.0. The summed E-state index contributed by atoms with van der Waals surface area (Å²) < 4.78 is 1.42. The van der Waals surface area contributed by atoms with Gasteiger partial charge in [0.15, 0.2) is 0 Å². The number of amides is 1. The lowest BCUT2D eigenvalue weighted by atomic mass is 10.1. The third kappa shape index (κ3) is 2.58. The van der Waals surface area contributed by atoms with Crippen molar-refractivity contribution >= 4 is 22.6 Å². The van der Waals surface area contributed by atoms with E-state index in [0.29, 0.717) is 12.2 Å². The quantitative estimate of drug-likeness (QED) is 0.745. The Bertz CT molecular complexity index is 976. The molecule has 0 aliphatic carbocycles. The number of hydrogen-bond acceptors (Lipinski definition) is 3. The van der Waals surface area contributed by atoms with Gasteiger partial charge in [-0.1, -0.05) is 18.2 Å². The Balaban J connectivity index is 2.16. The molecule has 0 atom stereocenters. The molecule has 0 spiro atoms. The maximum atomic E-state index is 13.0. The second kappa shape index (κ2) is 6.28. The van der Waals surface area contributed by atoms with Gasteiger partial charge < -0.3 is 4.90 Å². The summed E-state index contributed by atoms with van der Waals surface area (Å²) in [6.45, 7) is 4.34. The van der Waals surface area contributed by atoms with Gasteiger partial charge in [-0.3, -0.25) is 14.2 Å². The fourth-order valence-electron chi connectivity index (χ4n) is 2.88. The van der Waals surface area contributed by atoms with Crippen LogP contribution in [0.4, 0.5) is 5.69 Å². The topological polar surface area (TPSA) is 55.2 Å². The summed E-state index contributed by atoms with van der Waals surface area (Å²) in [7, 11) is 1.64. The molecule has 1 aromatic carbocycles. The van der Waals surface area contributed by atoms with Crippen molar-refractivity contribution in [2.75, 3.05) is 11.4 Å². The van der Waals surface area contributed by atoms with Crippen molar-refractivity contribution in [3.8, 4) is 0 Å². The van der Waals surface area contributed by atoms with Crippen LogP contribution in [-0.4, -0.2) is 22.0 Å². The van der Waals surface area contributed by atoms with Crippen molar-refractivity contribution in [2.45, 2.75) is 13.8 Å². The number of rotatable bonds is 3. The first-order valence-corrected chi connectivity index (χ1v) is 7.87. The number of fused-ring (bicyclic) bond motifs is 1. The Morgan fingerprint density at radius 1 is 1.21 bits per heavy atom. The van der Waals surface area contributed by atoms with E-state index in [2.05, 4.69) is 4.98 Å². The van der Waals surface area contributed by atoms with Gasteiger partial charge >= 0.3 is 0 Å². The minimum Gasteiger partial charge on any atom is -0.308 e. The van der Waals surface area contributed by atoms with E-state index in [-0.39, 0.29) is 17.0 Å². The van der Waals surface area contributed by atoms with Gasteiger partial charge in [0.25, 0.3) is 11.5 Å². The molecule has 5 heteroatoms. The van der Waals surface area contributed by atoms with E-state index in [1.807, 2.05) is 44.2 Å². The lowest BCUT2D eigenvalue weighted by molar-refractivity contribution is 0.0986. The van der Waals surface area contributed by atoms with Gasteiger partial charge in [-0.15, -0.1) is 0 Å². The van der Waals surface area contributed by atoms with Crippen molar-refractivity contribution < 1.29 is 4.79 Å². The normalized spacial score (nSPS) is 10.8. The third-order valence-corrected chi connectivity index (χ3v) is 4.17. The molecule has 3 aromatic rings. The lowest BCUT2D eigenvalue weighted by Crippen LogP contribution is -2.36. The maximum absolute atomic E-state index is 13.0. The van der Waals surface area contributed by atoms with E-state index in [0.717, 1.165) is 16.6 Å². The van der Waals surface area contributed by atoms with Crippen LogP contribution in [0.1, 0.15) is 22.8 Å². The van der Waals surface area contributed by atoms with Crippen LogP contribution >= 0.6 is 0 Å². The summed E-state index contributed by atoms with van der Waals surface area (Å²) in [5, 5.41) is 0.767. The van der Waals surface area contributed by atoms with E-state index in [1.54, 1.807) is 30.3 Å². The summed E-state index contributed by atoms with van der Waals surface area (Å²) in [6.07, 6.45) is 1.63. The van der Waals surface area contributed by atoms with Gasteiger partial charge in [0.05, 0.1) is 0 Å². The first kappa shape index (κ1) is 15.9. The van der Waals surface area contributed by atoms with Crippen LogP contribution in [-0.2, 0) is 7.05 Å². The predicted molar refractivity (Wildman–Crippen MR) is 95.5 cm³/mol. The molecule has 24 heavy (non-hydrogen) atoms. The lowest BCUT2D eigenvalue weighted by Gasteiger charge is -2.23. The molecule has 0 saturated carbocycles. The van der Waals surface area contributed by atoms with Gasteiger partial charge in [0, 0.05) is 30.9 Å². The second-order valence-corrected chi connectivity index (χ2v) is 5.67. The smallest absolute Gasteiger partial charge is 0.264 e.